The molecule has 0 radical (unpaired) electrons. The maximum atomic E-state index is 5.34. The second kappa shape index (κ2) is 5.24. The molecule has 1 aromatic rings. The number of aryl methyl sites for hydroxylation is 1. The monoisotopic (exact) mass is 185 g/mol. The van der Waals surface area contributed by atoms with Crippen molar-refractivity contribution in [2.45, 2.75) is 13.3 Å². The molecule has 0 aliphatic heterocycles. The van der Waals surface area contributed by atoms with Crippen molar-refractivity contribution in [3.8, 4) is 0 Å². The molecule has 4 heteroatoms. The average molecular weight is 185 g/mol. The number of thiazole rings is 1. The lowest BCUT2D eigenvalue weighted by Gasteiger charge is -1.98. The SMILES string of the molecule is Cc1csc(CCNCCN)n1. The number of rotatable bonds is 5. The number of aromatic nitrogens is 1. The molecule has 0 aliphatic rings. The first-order valence-electron chi connectivity index (χ1n) is 4.14. The smallest absolute Gasteiger partial charge is 0.0940 e. The summed E-state index contributed by atoms with van der Waals surface area (Å²) in [6, 6.07) is 0. The first-order chi connectivity index (χ1) is 5.83. The van der Waals surface area contributed by atoms with Crippen LogP contribution in [0.15, 0.2) is 5.38 Å². The van der Waals surface area contributed by atoms with Gasteiger partial charge in [-0.2, -0.15) is 0 Å². The highest BCUT2D eigenvalue weighted by molar-refractivity contribution is 7.09. The normalized spacial score (nSPS) is 10.5. The Hall–Kier alpha value is -0.450. The van der Waals surface area contributed by atoms with Crippen LogP contribution in [0.25, 0.3) is 0 Å². The van der Waals surface area contributed by atoms with E-state index in [0.29, 0.717) is 6.54 Å². The van der Waals surface area contributed by atoms with Crippen molar-refractivity contribution in [1.82, 2.24) is 10.3 Å². The van der Waals surface area contributed by atoms with E-state index in [9.17, 15) is 0 Å². The molecule has 0 bridgehead atoms. The van der Waals surface area contributed by atoms with Gasteiger partial charge in [-0.15, -0.1) is 11.3 Å². The van der Waals surface area contributed by atoms with Gasteiger partial charge in [0.1, 0.15) is 0 Å². The molecule has 68 valence electrons. The van der Waals surface area contributed by atoms with E-state index in [0.717, 1.165) is 25.2 Å². The van der Waals surface area contributed by atoms with Crippen LogP contribution in [0.1, 0.15) is 10.7 Å². The number of nitrogens with one attached hydrogen (secondary N) is 1. The molecular formula is C8H15N3S. The molecule has 12 heavy (non-hydrogen) atoms. The molecule has 0 fully saturated rings. The van der Waals surface area contributed by atoms with Crippen molar-refractivity contribution in [3.63, 3.8) is 0 Å². The molecule has 3 nitrogen and oxygen atoms in total. The van der Waals surface area contributed by atoms with E-state index in [-0.39, 0.29) is 0 Å². The van der Waals surface area contributed by atoms with Crippen LogP contribution in [0.4, 0.5) is 0 Å². The lowest BCUT2D eigenvalue weighted by atomic mass is 10.4. The standard InChI is InChI=1S/C8H15N3S/c1-7-6-12-8(11-7)2-4-10-5-3-9/h6,10H,2-5,9H2,1H3. The fraction of sp³-hybridized carbons (Fsp3) is 0.625. The minimum atomic E-state index is 0.705. The summed E-state index contributed by atoms with van der Waals surface area (Å²) in [6.45, 7) is 4.60. The van der Waals surface area contributed by atoms with Crippen molar-refractivity contribution < 1.29 is 0 Å². The zero-order chi connectivity index (χ0) is 8.81. The van der Waals surface area contributed by atoms with Crippen LogP contribution in [0.2, 0.25) is 0 Å². The third-order valence-electron chi connectivity index (χ3n) is 1.50. The molecule has 0 spiro atoms. The predicted molar refractivity (Wildman–Crippen MR) is 52.5 cm³/mol. The largest absolute Gasteiger partial charge is 0.329 e. The average Bonchev–Trinajstić information content (AvgIpc) is 2.45. The minimum absolute atomic E-state index is 0.705. The van der Waals surface area contributed by atoms with Crippen LogP contribution in [0.3, 0.4) is 0 Å². The van der Waals surface area contributed by atoms with E-state index in [1.807, 2.05) is 6.92 Å². The number of nitrogens with zero attached hydrogens (tertiary/aromatic N) is 1. The van der Waals surface area contributed by atoms with Gasteiger partial charge in [0.25, 0.3) is 0 Å². The van der Waals surface area contributed by atoms with E-state index in [1.165, 1.54) is 5.01 Å². The molecule has 3 N–H and O–H groups in total. The summed E-state index contributed by atoms with van der Waals surface area (Å²) in [7, 11) is 0. The number of hydrogen-bond acceptors (Lipinski definition) is 4. The highest BCUT2D eigenvalue weighted by Gasteiger charge is 1.96. The lowest BCUT2D eigenvalue weighted by molar-refractivity contribution is 0.687. The maximum absolute atomic E-state index is 5.34. The topological polar surface area (TPSA) is 50.9 Å². The molecule has 0 saturated carbocycles. The van der Waals surface area contributed by atoms with Crippen LogP contribution < -0.4 is 11.1 Å². The zero-order valence-electron chi connectivity index (χ0n) is 7.34. The van der Waals surface area contributed by atoms with Crippen molar-refractivity contribution in [2.24, 2.45) is 5.73 Å². The van der Waals surface area contributed by atoms with Gasteiger partial charge in [0, 0.05) is 37.1 Å². The molecule has 1 aromatic heterocycles. The van der Waals surface area contributed by atoms with Crippen LogP contribution >= 0.6 is 11.3 Å². The summed E-state index contributed by atoms with van der Waals surface area (Å²) in [6.07, 6.45) is 1.01. The quantitative estimate of drug-likeness (QED) is 0.658. The van der Waals surface area contributed by atoms with Crippen molar-refractivity contribution >= 4 is 11.3 Å². The molecule has 0 unspecified atom stereocenters. The maximum Gasteiger partial charge on any atom is 0.0940 e. The highest BCUT2D eigenvalue weighted by Crippen LogP contribution is 2.08. The Kier molecular flexibility index (Phi) is 4.21. The second-order valence-corrected chi connectivity index (χ2v) is 3.61. The summed E-state index contributed by atoms with van der Waals surface area (Å²) < 4.78 is 0. The summed E-state index contributed by atoms with van der Waals surface area (Å²) in [5, 5.41) is 6.52. The Bertz CT molecular complexity index is 222. The number of nitrogens with two attached hydrogens (primary N) is 1. The van der Waals surface area contributed by atoms with Crippen LogP contribution in [0, 0.1) is 6.92 Å². The Labute approximate surface area is 77.0 Å². The van der Waals surface area contributed by atoms with E-state index < -0.39 is 0 Å². The van der Waals surface area contributed by atoms with Gasteiger partial charge in [-0.1, -0.05) is 0 Å². The van der Waals surface area contributed by atoms with Gasteiger partial charge in [0.05, 0.1) is 5.01 Å². The van der Waals surface area contributed by atoms with Gasteiger partial charge in [-0.3, -0.25) is 0 Å². The molecule has 0 aliphatic carbocycles. The second-order valence-electron chi connectivity index (χ2n) is 2.67. The molecular weight excluding hydrogens is 170 g/mol. The van der Waals surface area contributed by atoms with Gasteiger partial charge >= 0.3 is 0 Å². The molecule has 0 saturated heterocycles. The van der Waals surface area contributed by atoms with Crippen molar-refractivity contribution in [3.05, 3.63) is 16.1 Å². The molecule has 0 amide bonds. The van der Waals surface area contributed by atoms with Crippen LogP contribution in [0.5, 0.6) is 0 Å². The first kappa shape index (κ1) is 9.64. The van der Waals surface area contributed by atoms with Crippen molar-refractivity contribution in [2.75, 3.05) is 19.6 Å². The predicted octanol–water partition coefficient (Wildman–Crippen LogP) is 0.542. The third kappa shape index (κ3) is 3.30. The summed E-state index contributed by atoms with van der Waals surface area (Å²) in [5.41, 5.74) is 6.46. The summed E-state index contributed by atoms with van der Waals surface area (Å²) in [4.78, 5) is 4.36. The van der Waals surface area contributed by atoms with Gasteiger partial charge in [0.2, 0.25) is 0 Å². The Morgan fingerprint density at radius 2 is 2.42 bits per heavy atom. The van der Waals surface area contributed by atoms with E-state index >= 15 is 0 Å². The Morgan fingerprint density at radius 1 is 1.58 bits per heavy atom. The lowest BCUT2D eigenvalue weighted by Crippen LogP contribution is -2.24. The van der Waals surface area contributed by atoms with E-state index in [1.54, 1.807) is 11.3 Å². The molecule has 0 atom stereocenters. The van der Waals surface area contributed by atoms with Gasteiger partial charge in [-0.25, -0.2) is 4.98 Å². The Balaban J connectivity index is 2.15. The number of hydrogen-bond donors (Lipinski definition) is 2. The summed E-state index contributed by atoms with van der Waals surface area (Å²) >= 11 is 1.73. The molecule has 1 rings (SSSR count). The highest BCUT2D eigenvalue weighted by atomic mass is 32.1. The van der Waals surface area contributed by atoms with E-state index in [2.05, 4.69) is 15.7 Å². The summed E-state index contributed by atoms with van der Waals surface area (Å²) in [5.74, 6) is 0. The minimum Gasteiger partial charge on any atom is -0.329 e. The Morgan fingerprint density at radius 3 is 3.00 bits per heavy atom. The molecule has 0 aromatic carbocycles. The van der Waals surface area contributed by atoms with Crippen molar-refractivity contribution in [1.29, 1.82) is 0 Å². The first-order valence-corrected chi connectivity index (χ1v) is 5.02. The van der Waals surface area contributed by atoms with Gasteiger partial charge in [0.15, 0.2) is 0 Å². The third-order valence-corrected chi connectivity index (χ3v) is 2.53. The van der Waals surface area contributed by atoms with Crippen LogP contribution in [-0.4, -0.2) is 24.6 Å². The van der Waals surface area contributed by atoms with Gasteiger partial charge in [-0.05, 0) is 6.92 Å². The molecule has 1 heterocycles. The zero-order valence-corrected chi connectivity index (χ0v) is 8.16. The van der Waals surface area contributed by atoms with Crippen LogP contribution in [-0.2, 0) is 6.42 Å². The fourth-order valence-corrected chi connectivity index (χ4v) is 1.72. The van der Waals surface area contributed by atoms with E-state index in [4.69, 9.17) is 5.73 Å². The fourth-order valence-electron chi connectivity index (χ4n) is 0.940. The van der Waals surface area contributed by atoms with Gasteiger partial charge < -0.3 is 11.1 Å².